The Morgan fingerprint density at radius 3 is 2.50 bits per heavy atom. The first-order valence-corrected chi connectivity index (χ1v) is 11.5. The van der Waals surface area contributed by atoms with Gasteiger partial charge in [-0.1, -0.05) is 54.1 Å². The van der Waals surface area contributed by atoms with Gasteiger partial charge in [-0.3, -0.25) is 0 Å². The third-order valence-electron chi connectivity index (χ3n) is 4.72. The molecule has 158 valence electrons. The quantitative estimate of drug-likeness (QED) is 0.293. The molecule has 3 aromatic rings. The second kappa shape index (κ2) is 12.0. The normalized spacial score (nSPS) is 13.0. The zero-order chi connectivity index (χ0) is 21.2. The van der Waals surface area contributed by atoms with Gasteiger partial charge in [0.2, 0.25) is 0 Å². The molecule has 0 bridgehead atoms. The van der Waals surface area contributed by atoms with Crippen molar-refractivity contribution >= 4 is 23.4 Å². The van der Waals surface area contributed by atoms with Gasteiger partial charge in [0.05, 0.1) is 12.7 Å². The minimum absolute atomic E-state index is 0.261. The van der Waals surface area contributed by atoms with E-state index in [1.807, 2.05) is 48.5 Å². The lowest BCUT2D eigenvalue weighted by Gasteiger charge is -2.18. The highest BCUT2D eigenvalue weighted by atomic mass is 35.5. The summed E-state index contributed by atoms with van der Waals surface area (Å²) in [5, 5.41) is 14.4. The number of benzene rings is 3. The number of aliphatic hydroxyl groups excluding tert-OH is 1. The van der Waals surface area contributed by atoms with Crippen molar-refractivity contribution in [1.82, 2.24) is 5.32 Å². The molecule has 3 rings (SSSR count). The first kappa shape index (κ1) is 22.7. The third kappa shape index (κ3) is 7.69. The number of rotatable bonds is 11. The Balaban J connectivity index is 1.37. The Kier molecular flexibility index (Phi) is 9.09. The van der Waals surface area contributed by atoms with E-state index < -0.39 is 6.10 Å². The molecule has 0 saturated carbocycles. The summed E-state index contributed by atoms with van der Waals surface area (Å²) < 4.78 is 5.73. The van der Waals surface area contributed by atoms with Crippen molar-refractivity contribution in [2.24, 2.45) is 0 Å². The van der Waals surface area contributed by atoms with Gasteiger partial charge >= 0.3 is 0 Å². The van der Waals surface area contributed by atoms with E-state index in [-0.39, 0.29) is 6.04 Å². The number of ether oxygens (including phenoxy) is 1. The third-order valence-corrected chi connectivity index (χ3v) is 5.93. The maximum absolute atomic E-state index is 10.3. The Hall–Kier alpha value is -1.98. The molecule has 30 heavy (non-hydrogen) atoms. The standard InChI is InChI=1S/C25H28ClNO2S/c1-19(27-18-25(28)21-6-5-7-22(26)17-21)16-20-10-12-24(13-11-20)30-15-14-29-23-8-3-2-4-9-23/h2-13,17,19,25,27-28H,14-16,18H2,1H3. The molecule has 3 aromatic carbocycles. The van der Waals surface area contributed by atoms with E-state index in [0.29, 0.717) is 18.2 Å². The van der Waals surface area contributed by atoms with Crippen LogP contribution in [0.5, 0.6) is 5.75 Å². The number of thioether (sulfide) groups is 1. The molecule has 0 saturated heterocycles. The van der Waals surface area contributed by atoms with Crippen molar-refractivity contribution in [3.63, 3.8) is 0 Å². The van der Waals surface area contributed by atoms with Gasteiger partial charge in [-0.05, 0) is 60.9 Å². The largest absolute Gasteiger partial charge is 0.493 e. The predicted molar refractivity (Wildman–Crippen MR) is 127 cm³/mol. The summed E-state index contributed by atoms with van der Waals surface area (Å²) in [6.45, 7) is 3.32. The fourth-order valence-corrected chi connectivity index (χ4v) is 4.06. The van der Waals surface area contributed by atoms with Crippen LogP contribution in [0.25, 0.3) is 0 Å². The summed E-state index contributed by atoms with van der Waals surface area (Å²) in [5.41, 5.74) is 2.11. The van der Waals surface area contributed by atoms with Gasteiger partial charge in [-0.2, -0.15) is 0 Å². The average Bonchev–Trinajstić information content (AvgIpc) is 2.77. The van der Waals surface area contributed by atoms with Crippen molar-refractivity contribution in [2.45, 2.75) is 30.4 Å². The van der Waals surface area contributed by atoms with Gasteiger partial charge in [0, 0.05) is 28.3 Å². The number of nitrogens with one attached hydrogen (secondary N) is 1. The predicted octanol–water partition coefficient (Wildman–Crippen LogP) is 5.77. The summed E-state index contributed by atoms with van der Waals surface area (Å²) in [4.78, 5) is 1.24. The van der Waals surface area contributed by atoms with Crippen LogP contribution in [0.4, 0.5) is 0 Å². The zero-order valence-corrected chi connectivity index (χ0v) is 18.7. The smallest absolute Gasteiger partial charge is 0.119 e. The van der Waals surface area contributed by atoms with E-state index in [9.17, 15) is 5.11 Å². The molecular weight excluding hydrogens is 414 g/mol. The van der Waals surface area contributed by atoms with E-state index >= 15 is 0 Å². The number of hydrogen-bond acceptors (Lipinski definition) is 4. The number of halogens is 1. The molecule has 0 radical (unpaired) electrons. The molecule has 5 heteroatoms. The van der Waals surface area contributed by atoms with Crippen LogP contribution in [0.15, 0.2) is 83.8 Å². The first-order chi connectivity index (χ1) is 14.6. The maximum atomic E-state index is 10.3. The summed E-state index contributed by atoms with van der Waals surface area (Å²) in [5.74, 6) is 1.82. The summed E-state index contributed by atoms with van der Waals surface area (Å²) in [6, 6.07) is 26.2. The molecule has 2 atom stereocenters. The summed E-state index contributed by atoms with van der Waals surface area (Å²) in [7, 11) is 0. The van der Waals surface area contributed by atoms with Crippen LogP contribution < -0.4 is 10.1 Å². The van der Waals surface area contributed by atoms with Crippen molar-refractivity contribution in [3.05, 3.63) is 95.0 Å². The highest BCUT2D eigenvalue weighted by Gasteiger charge is 2.10. The van der Waals surface area contributed by atoms with Crippen molar-refractivity contribution in [2.75, 3.05) is 18.9 Å². The Labute approximate surface area is 188 Å². The van der Waals surface area contributed by atoms with Crippen LogP contribution in [0, 0.1) is 0 Å². The minimum Gasteiger partial charge on any atom is -0.493 e. The Morgan fingerprint density at radius 2 is 1.77 bits per heavy atom. The van der Waals surface area contributed by atoms with E-state index in [1.165, 1.54) is 10.5 Å². The monoisotopic (exact) mass is 441 g/mol. The molecule has 0 aliphatic rings. The van der Waals surface area contributed by atoms with E-state index in [1.54, 1.807) is 17.8 Å². The second-order valence-corrected chi connectivity index (χ2v) is 8.84. The second-order valence-electron chi connectivity index (χ2n) is 7.24. The molecule has 2 N–H and O–H groups in total. The SMILES string of the molecule is CC(Cc1ccc(SCCOc2ccccc2)cc1)NCC(O)c1cccc(Cl)c1. The number of aliphatic hydroxyl groups is 1. The van der Waals surface area contributed by atoms with Gasteiger partial charge in [0.1, 0.15) is 5.75 Å². The molecule has 0 fully saturated rings. The highest BCUT2D eigenvalue weighted by Crippen LogP contribution is 2.20. The van der Waals surface area contributed by atoms with Gasteiger partial charge in [-0.15, -0.1) is 11.8 Å². The molecule has 3 nitrogen and oxygen atoms in total. The Bertz CT molecular complexity index is 889. The Morgan fingerprint density at radius 1 is 1.00 bits per heavy atom. The topological polar surface area (TPSA) is 41.5 Å². The first-order valence-electron chi connectivity index (χ1n) is 10.2. The molecule has 0 aromatic heterocycles. The van der Waals surface area contributed by atoms with Gasteiger partial charge in [-0.25, -0.2) is 0 Å². The van der Waals surface area contributed by atoms with Crippen LogP contribution in [0.3, 0.4) is 0 Å². The molecule has 0 heterocycles. The van der Waals surface area contributed by atoms with E-state index in [2.05, 4.69) is 36.5 Å². The van der Waals surface area contributed by atoms with Crippen LogP contribution in [0.1, 0.15) is 24.2 Å². The van der Waals surface area contributed by atoms with Gasteiger partial charge in [0.15, 0.2) is 0 Å². The molecule has 0 spiro atoms. The molecular formula is C25H28ClNO2S. The van der Waals surface area contributed by atoms with E-state index in [0.717, 1.165) is 23.5 Å². The van der Waals surface area contributed by atoms with Crippen LogP contribution in [-0.4, -0.2) is 30.1 Å². The minimum atomic E-state index is -0.567. The van der Waals surface area contributed by atoms with E-state index in [4.69, 9.17) is 16.3 Å². The lowest BCUT2D eigenvalue weighted by Crippen LogP contribution is -2.32. The molecule has 0 aliphatic heterocycles. The van der Waals surface area contributed by atoms with Crippen molar-refractivity contribution in [1.29, 1.82) is 0 Å². The van der Waals surface area contributed by atoms with Crippen LogP contribution >= 0.6 is 23.4 Å². The molecule has 2 unspecified atom stereocenters. The molecule has 0 aliphatic carbocycles. The number of para-hydroxylation sites is 1. The molecule has 0 amide bonds. The van der Waals surface area contributed by atoms with Gasteiger partial charge in [0.25, 0.3) is 0 Å². The lowest BCUT2D eigenvalue weighted by molar-refractivity contribution is 0.170. The average molecular weight is 442 g/mol. The van der Waals surface area contributed by atoms with Crippen molar-refractivity contribution in [3.8, 4) is 5.75 Å². The highest BCUT2D eigenvalue weighted by molar-refractivity contribution is 7.99. The van der Waals surface area contributed by atoms with Crippen LogP contribution in [0.2, 0.25) is 5.02 Å². The maximum Gasteiger partial charge on any atom is 0.119 e. The summed E-state index contributed by atoms with van der Waals surface area (Å²) >= 11 is 7.80. The van der Waals surface area contributed by atoms with Crippen molar-refractivity contribution < 1.29 is 9.84 Å². The lowest BCUT2D eigenvalue weighted by atomic mass is 10.1. The van der Waals surface area contributed by atoms with Gasteiger partial charge < -0.3 is 15.2 Å². The fourth-order valence-electron chi connectivity index (χ4n) is 3.13. The van der Waals surface area contributed by atoms with Crippen LogP contribution in [-0.2, 0) is 6.42 Å². The zero-order valence-electron chi connectivity index (χ0n) is 17.1. The number of hydrogen-bond donors (Lipinski definition) is 2. The fraction of sp³-hybridized carbons (Fsp3) is 0.280. The summed E-state index contributed by atoms with van der Waals surface area (Å²) in [6.07, 6.45) is 0.340.